The number of carbonyl (C=O) groups excluding carboxylic acids is 1. The molecule has 0 saturated carbocycles. The highest BCUT2D eigenvalue weighted by atomic mass is 32.1. The van der Waals surface area contributed by atoms with Crippen LogP contribution >= 0.6 is 11.3 Å². The second kappa shape index (κ2) is 7.04. The molecule has 3 rings (SSSR count). The van der Waals surface area contributed by atoms with Gasteiger partial charge >= 0.3 is 0 Å². The largest absolute Gasteiger partial charge is 0.334 e. The molecule has 1 aliphatic heterocycles. The van der Waals surface area contributed by atoms with Crippen LogP contribution in [0.25, 0.3) is 0 Å². The molecule has 0 radical (unpaired) electrons. The quantitative estimate of drug-likeness (QED) is 0.929. The minimum Gasteiger partial charge on any atom is -0.334 e. The van der Waals surface area contributed by atoms with Gasteiger partial charge in [0.1, 0.15) is 11.6 Å². The minimum atomic E-state index is 0.0507. The molecular weight excluding hydrogens is 310 g/mol. The third-order valence-corrected chi connectivity index (χ3v) is 4.68. The summed E-state index contributed by atoms with van der Waals surface area (Å²) < 4.78 is 0. The van der Waals surface area contributed by atoms with Crippen molar-refractivity contribution in [3.8, 4) is 0 Å². The molecule has 2 aromatic heterocycles. The molecule has 6 nitrogen and oxygen atoms in total. The lowest BCUT2D eigenvalue weighted by Gasteiger charge is -2.35. The van der Waals surface area contributed by atoms with E-state index < -0.39 is 0 Å². The summed E-state index contributed by atoms with van der Waals surface area (Å²) in [6.07, 6.45) is 5.43. The van der Waals surface area contributed by atoms with E-state index in [9.17, 15) is 4.79 Å². The predicted molar refractivity (Wildman–Crippen MR) is 90.8 cm³/mol. The molecule has 0 bridgehead atoms. The molecule has 3 heterocycles. The molecule has 7 heteroatoms. The van der Waals surface area contributed by atoms with Crippen molar-refractivity contribution in [3.05, 3.63) is 29.2 Å². The van der Waals surface area contributed by atoms with Crippen LogP contribution in [0.4, 0.5) is 10.9 Å². The van der Waals surface area contributed by atoms with Gasteiger partial charge in [-0.2, -0.15) is 0 Å². The van der Waals surface area contributed by atoms with E-state index in [1.807, 2.05) is 30.2 Å². The Labute approximate surface area is 140 Å². The van der Waals surface area contributed by atoms with Gasteiger partial charge in [0.2, 0.25) is 5.91 Å². The van der Waals surface area contributed by atoms with Gasteiger partial charge in [0.25, 0.3) is 0 Å². The summed E-state index contributed by atoms with van der Waals surface area (Å²) in [6, 6.07) is 2.00. The van der Waals surface area contributed by atoms with Gasteiger partial charge in [0, 0.05) is 30.6 Å². The Hall–Kier alpha value is -2.02. The van der Waals surface area contributed by atoms with Crippen LogP contribution in [-0.4, -0.2) is 32.3 Å². The van der Waals surface area contributed by atoms with Gasteiger partial charge in [-0.3, -0.25) is 4.79 Å². The van der Waals surface area contributed by atoms with Crippen LogP contribution in [0, 0.1) is 6.92 Å². The van der Waals surface area contributed by atoms with Crippen LogP contribution in [0.3, 0.4) is 0 Å². The molecular formula is C16H21N5OS. The van der Waals surface area contributed by atoms with Crippen molar-refractivity contribution in [2.75, 3.05) is 11.9 Å². The van der Waals surface area contributed by atoms with Crippen molar-refractivity contribution in [1.82, 2.24) is 19.9 Å². The molecule has 0 spiro atoms. The van der Waals surface area contributed by atoms with Crippen LogP contribution < -0.4 is 5.32 Å². The summed E-state index contributed by atoms with van der Waals surface area (Å²) in [5.74, 6) is 1.63. The van der Waals surface area contributed by atoms with Crippen molar-refractivity contribution in [1.29, 1.82) is 0 Å². The Morgan fingerprint density at radius 2 is 2.30 bits per heavy atom. The number of hydrogen-bond acceptors (Lipinski definition) is 6. The molecule has 1 aliphatic rings. The van der Waals surface area contributed by atoms with Gasteiger partial charge in [-0.15, -0.1) is 11.3 Å². The fourth-order valence-corrected chi connectivity index (χ4v) is 3.50. The molecule has 1 fully saturated rings. The summed E-state index contributed by atoms with van der Waals surface area (Å²) in [7, 11) is 0. The third-order valence-electron chi connectivity index (χ3n) is 3.99. The Kier molecular flexibility index (Phi) is 4.85. The molecule has 1 unspecified atom stereocenters. The highest BCUT2D eigenvalue weighted by Gasteiger charge is 2.28. The number of aromatic nitrogens is 3. The standard InChI is InChI=1S/C16H21N5OS/c1-3-15(22)21-8-5-4-6-13(21)12-10-14(19-11(2)18-12)20-16-17-7-9-23-16/h7,9-10,13H,3-6,8H2,1-2H3,(H,17,18,19,20). The van der Waals surface area contributed by atoms with Crippen molar-refractivity contribution in [2.24, 2.45) is 0 Å². The average Bonchev–Trinajstić information content (AvgIpc) is 3.06. The first-order valence-corrected chi connectivity index (χ1v) is 8.87. The maximum Gasteiger partial charge on any atom is 0.222 e. The highest BCUT2D eigenvalue weighted by Crippen LogP contribution is 2.31. The predicted octanol–water partition coefficient (Wildman–Crippen LogP) is 3.45. The van der Waals surface area contributed by atoms with E-state index in [-0.39, 0.29) is 11.9 Å². The summed E-state index contributed by atoms with van der Waals surface area (Å²) in [5, 5.41) is 5.94. The van der Waals surface area contributed by atoms with Crippen molar-refractivity contribution in [2.45, 2.75) is 45.6 Å². The lowest BCUT2D eigenvalue weighted by molar-refractivity contribution is -0.134. The zero-order chi connectivity index (χ0) is 16.2. The minimum absolute atomic E-state index is 0.0507. The molecule has 1 atom stereocenters. The van der Waals surface area contributed by atoms with E-state index in [4.69, 9.17) is 0 Å². The summed E-state index contributed by atoms with van der Waals surface area (Å²) in [4.78, 5) is 27.5. The Morgan fingerprint density at radius 1 is 1.43 bits per heavy atom. The maximum atomic E-state index is 12.2. The first kappa shape index (κ1) is 15.9. The van der Waals surface area contributed by atoms with E-state index in [1.165, 1.54) is 11.3 Å². The molecule has 0 aliphatic carbocycles. The van der Waals surface area contributed by atoms with Gasteiger partial charge in [0.05, 0.1) is 11.7 Å². The van der Waals surface area contributed by atoms with E-state index in [1.54, 1.807) is 6.20 Å². The maximum absolute atomic E-state index is 12.2. The molecule has 1 saturated heterocycles. The van der Waals surface area contributed by atoms with E-state index >= 15 is 0 Å². The number of hydrogen-bond donors (Lipinski definition) is 1. The zero-order valence-electron chi connectivity index (χ0n) is 13.5. The molecule has 1 amide bonds. The summed E-state index contributed by atoms with van der Waals surface area (Å²) in [6.45, 7) is 4.61. The van der Waals surface area contributed by atoms with Crippen molar-refractivity contribution >= 4 is 28.2 Å². The van der Waals surface area contributed by atoms with Crippen LogP contribution in [0.5, 0.6) is 0 Å². The van der Waals surface area contributed by atoms with Crippen LogP contribution in [0.2, 0.25) is 0 Å². The SMILES string of the molecule is CCC(=O)N1CCCCC1c1cc(Nc2nccs2)nc(C)n1. The van der Waals surface area contributed by atoms with E-state index in [0.717, 1.165) is 42.5 Å². The normalized spacial score (nSPS) is 18.0. The molecule has 23 heavy (non-hydrogen) atoms. The molecule has 0 aromatic carbocycles. The topological polar surface area (TPSA) is 71.0 Å². The van der Waals surface area contributed by atoms with Gasteiger partial charge in [-0.25, -0.2) is 15.0 Å². The van der Waals surface area contributed by atoms with Crippen LogP contribution in [0.1, 0.15) is 50.2 Å². The second-order valence-electron chi connectivity index (χ2n) is 5.64. The first-order valence-electron chi connectivity index (χ1n) is 7.99. The van der Waals surface area contributed by atoms with Gasteiger partial charge in [-0.05, 0) is 26.2 Å². The fraction of sp³-hybridized carbons (Fsp3) is 0.500. The van der Waals surface area contributed by atoms with Gasteiger partial charge < -0.3 is 10.2 Å². The number of aryl methyl sites for hydroxylation is 1. The molecule has 122 valence electrons. The lowest BCUT2D eigenvalue weighted by Crippen LogP contribution is -2.38. The van der Waals surface area contributed by atoms with E-state index in [2.05, 4.69) is 20.3 Å². The highest BCUT2D eigenvalue weighted by molar-refractivity contribution is 7.13. The lowest BCUT2D eigenvalue weighted by atomic mass is 9.98. The third kappa shape index (κ3) is 3.67. The van der Waals surface area contributed by atoms with E-state index in [0.29, 0.717) is 12.2 Å². The monoisotopic (exact) mass is 331 g/mol. The smallest absolute Gasteiger partial charge is 0.222 e. The number of thiazole rings is 1. The van der Waals surface area contributed by atoms with Crippen LogP contribution in [0.15, 0.2) is 17.6 Å². The summed E-state index contributed by atoms with van der Waals surface area (Å²) in [5.41, 5.74) is 0.915. The van der Waals surface area contributed by atoms with Gasteiger partial charge in [-0.1, -0.05) is 6.92 Å². The number of anilines is 2. The Balaban J connectivity index is 1.88. The second-order valence-corrected chi connectivity index (χ2v) is 6.53. The number of rotatable bonds is 4. The van der Waals surface area contributed by atoms with Crippen molar-refractivity contribution in [3.63, 3.8) is 0 Å². The summed E-state index contributed by atoms with van der Waals surface area (Å²) >= 11 is 1.53. The number of nitrogens with zero attached hydrogens (tertiary/aromatic N) is 4. The average molecular weight is 331 g/mol. The number of carbonyl (C=O) groups is 1. The Morgan fingerprint density at radius 3 is 3.04 bits per heavy atom. The molecule has 2 aromatic rings. The number of piperidine rings is 1. The number of amides is 1. The van der Waals surface area contributed by atoms with Gasteiger partial charge in [0.15, 0.2) is 5.13 Å². The van der Waals surface area contributed by atoms with Crippen molar-refractivity contribution < 1.29 is 4.79 Å². The Bertz CT molecular complexity index is 673. The number of nitrogens with one attached hydrogen (secondary N) is 1. The zero-order valence-corrected chi connectivity index (χ0v) is 14.3. The number of likely N-dealkylation sites (tertiary alicyclic amines) is 1. The first-order chi connectivity index (χ1) is 11.2. The molecule has 1 N–H and O–H groups in total. The fourth-order valence-electron chi connectivity index (χ4n) is 2.96. The van der Waals surface area contributed by atoms with Crippen LogP contribution in [-0.2, 0) is 4.79 Å².